The van der Waals surface area contributed by atoms with Crippen molar-refractivity contribution in [2.45, 2.75) is 0 Å². The molecule has 1 aliphatic rings. The maximum absolute atomic E-state index is 5.25. The van der Waals surface area contributed by atoms with Gasteiger partial charge >= 0.3 is 0 Å². The van der Waals surface area contributed by atoms with Crippen LogP contribution in [0.15, 0.2) is 12.1 Å². The van der Waals surface area contributed by atoms with Crippen molar-refractivity contribution >= 4 is 0 Å². The van der Waals surface area contributed by atoms with Crippen molar-refractivity contribution in [3.8, 4) is 11.5 Å². The lowest BCUT2D eigenvalue weighted by Gasteiger charge is -2.15. The van der Waals surface area contributed by atoms with Crippen molar-refractivity contribution < 1.29 is 9.47 Å². The fourth-order valence-corrected chi connectivity index (χ4v) is 0.878. The summed E-state index contributed by atoms with van der Waals surface area (Å²) in [7, 11) is 0. The number of ether oxygens (including phenoxy) is 2. The maximum atomic E-state index is 5.25. The molecular weight excluding hydrogens is 128 g/mol. The number of fused-ring (bicyclic) bond motifs is 1. The van der Waals surface area contributed by atoms with Crippen LogP contribution in [0, 0.1) is 12.1 Å². The molecule has 0 unspecified atom stereocenters. The Labute approximate surface area is 59.4 Å². The molecule has 0 atom stereocenters. The summed E-state index contributed by atoms with van der Waals surface area (Å²) in [5.41, 5.74) is 0. The van der Waals surface area contributed by atoms with Gasteiger partial charge in [-0.15, -0.1) is 0 Å². The molecule has 1 aliphatic heterocycles. The first-order valence-electron chi connectivity index (χ1n) is 3.15. The highest BCUT2D eigenvalue weighted by Crippen LogP contribution is 2.25. The molecule has 2 rings (SSSR count). The quantitative estimate of drug-likeness (QED) is 0.528. The zero-order valence-electron chi connectivity index (χ0n) is 5.39. The highest BCUT2D eigenvalue weighted by atomic mass is 16.6. The summed E-state index contributed by atoms with van der Waals surface area (Å²) in [6.45, 7) is 1.24. The van der Waals surface area contributed by atoms with E-state index < -0.39 is 0 Å². The Hall–Kier alpha value is -1.36. The van der Waals surface area contributed by atoms with Crippen molar-refractivity contribution in [3.63, 3.8) is 0 Å². The molecule has 1 aromatic carbocycles. The van der Waals surface area contributed by atoms with E-state index in [2.05, 4.69) is 12.1 Å². The molecule has 2 heteroatoms. The van der Waals surface area contributed by atoms with Gasteiger partial charge in [-0.05, 0) is 18.2 Å². The summed E-state index contributed by atoms with van der Waals surface area (Å²) < 4.78 is 10.5. The third-order valence-corrected chi connectivity index (χ3v) is 1.31. The minimum atomic E-state index is 0.612. The Kier molecular flexibility index (Phi) is 1.14. The summed E-state index contributed by atoms with van der Waals surface area (Å²) >= 11 is 0. The number of rotatable bonds is 0. The Morgan fingerprint density at radius 2 is 2.20 bits per heavy atom. The summed E-state index contributed by atoms with van der Waals surface area (Å²) in [5.74, 6) is 1.44. The molecule has 0 bridgehead atoms. The summed E-state index contributed by atoms with van der Waals surface area (Å²) in [4.78, 5) is 0. The molecule has 0 N–H and O–H groups in total. The van der Waals surface area contributed by atoms with E-state index in [1.807, 2.05) is 6.07 Å². The molecule has 0 radical (unpaired) electrons. The van der Waals surface area contributed by atoms with Crippen LogP contribution in [0.2, 0.25) is 0 Å². The van der Waals surface area contributed by atoms with E-state index in [4.69, 9.17) is 9.47 Å². The average Bonchev–Trinajstić information content (AvgIpc) is 2.05. The molecule has 0 amide bonds. The second-order valence-corrected chi connectivity index (χ2v) is 1.99. The van der Waals surface area contributed by atoms with Gasteiger partial charge in [0.2, 0.25) is 5.75 Å². The highest BCUT2D eigenvalue weighted by molar-refractivity contribution is 5.36. The van der Waals surface area contributed by atoms with Crippen molar-refractivity contribution in [1.29, 1.82) is 0 Å². The average molecular weight is 134 g/mol. The van der Waals surface area contributed by atoms with E-state index in [1.54, 1.807) is 6.07 Å². The summed E-state index contributed by atoms with van der Waals surface area (Å²) in [6, 6.07) is 9.19. The topological polar surface area (TPSA) is 18.5 Å². The van der Waals surface area contributed by atoms with Crippen LogP contribution in [0.3, 0.4) is 0 Å². The molecule has 1 aromatic rings. The van der Waals surface area contributed by atoms with Crippen molar-refractivity contribution in [2.75, 3.05) is 13.2 Å². The normalized spacial score (nSPS) is 14.0. The first kappa shape index (κ1) is 5.43. The first-order chi connectivity index (χ1) is 4.97. The predicted molar refractivity (Wildman–Crippen MR) is 35.1 cm³/mol. The smallest absolute Gasteiger partial charge is 0.213 e. The Morgan fingerprint density at radius 3 is 3.10 bits per heavy atom. The highest BCUT2D eigenvalue weighted by Gasteiger charge is 2.08. The van der Waals surface area contributed by atoms with E-state index in [9.17, 15) is 0 Å². The second kappa shape index (κ2) is 2.11. The van der Waals surface area contributed by atoms with Gasteiger partial charge in [0.25, 0.3) is 0 Å². The van der Waals surface area contributed by atoms with Gasteiger partial charge < -0.3 is 9.47 Å². The molecule has 10 heavy (non-hydrogen) atoms. The van der Waals surface area contributed by atoms with Crippen LogP contribution >= 0.6 is 0 Å². The van der Waals surface area contributed by atoms with Crippen LogP contribution in [0.4, 0.5) is 0 Å². The SMILES string of the molecule is c1ccc2c(c#1)OCCO2. The minimum absolute atomic E-state index is 0.612. The van der Waals surface area contributed by atoms with E-state index >= 15 is 0 Å². The molecule has 0 aromatic heterocycles. The molecule has 0 saturated carbocycles. The standard InChI is InChI=1S/C8H6O2/c1-2-4-8-7(3-1)9-5-6-10-8/h1,3H,5-6H2. The largest absolute Gasteiger partial charge is 0.485 e. The predicted octanol–water partition coefficient (Wildman–Crippen LogP) is 1.06. The maximum Gasteiger partial charge on any atom is 0.213 e. The second-order valence-electron chi connectivity index (χ2n) is 1.99. The van der Waals surface area contributed by atoms with Crippen molar-refractivity contribution in [1.82, 2.24) is 0 Å². The number of hydrogen-bond acceptors (Lipinski definition) is 2. The van der Waals surface area contributed by atoms with Gasteiger partial charge in [-0.1, -0.05) is 6.07 Å². The zero-order valence-corrected chi connectivity index (χ0v) is 5.39. The molecule has 0 spiro atoms. The van der Waals surface area contributed by atoms with E-state index in [-0.39, 0.29) is 0 Å². The van der Waals surface area contributed by atoms with Crippen LogP contribution < -0.4 is 9.47 Å². The Balaban J connectivity index is 2.41. The molecule has 0 aliphatic carbocycles. The monoisotopic (exact) mass is 134 g/mol. The lowest BCUT2D eigenvalue weighted by Crippen LogP contribution is -2.14. The van der Waals surface area contributed by atoms with E-state index in [0.717, 1.165) is 5.75 Å². The number of hydrogen-bond donors (Lipinski definition) is 0. The molecule has 0 fully saturated rings. The van der Waals surface area contributed by atoms with Gasteiger partial charge in [0, 0.05) is 0 Å². The lowest BCUT2D eigenvalue weighted by atomic mass is 10.3. The molecule has 50 valence electrons. The van der Waals surface area contributed by atoms with E-state index in [1.165, 1.54) is 0 Å². The first-order valence-corrected chi connectivity index (χ1v) is 3.15. The molecule has 2 nitrogen and oxygen atoms in total. The minimum Gasteiger partial charge on any atom is -0.485 e. The Bertz CT molecular complexity index is 207. The molecular formula is C8H6O2. The molecule has 0 saturated heterocycles. The van der Waals surface area contributed by atoms with Gasteiger partial charge in [0.05, 0.1) is 0 Å². The van der Waals surface area contributed by atoms with Gasteiger partial charge in [0.1, 0.15) is 13.2 Å². The van der Waals surface area contributed by atoms with Crippen molar-refractivity contribution in [2.24, 2.45) is 0 Å². The van der Waals surface area contributed by atoms with Gasteiger partial charge in [-0.25, -0.2) is 0 Å². The van der Waals surface area contributed by atoms with Crippen LogP contribution in [0.1, 0.15) is 0 Å². The van der Waals surface area contributed by atoms with Gasteiger partial charge in [0.15, 0.2) is 5.75 Å². The van der Waals surface area contributed by atoms with Crippen molar-refractivity contribution in [3.05, 3.63) is 24.3 Å². The van der Waals surface area contributed by atoms with Gasteiger partial charge in [-0.3, -0.25) is 0 Å². The van der Waals surface area contributed by atoms with Gasteiger partial charge in [-0.2, -0.15) is 0 Å². The zero-order chi connectivity index (χ0) is 6.81. The third kappa shape index (κ3) is 0.763. The Morgan fingerprint density at radius 1 is 1.30 bits per heavy atom. The summed E-state index contributed by atoms with van der Waals surface area (Å²) in [5, 5.41) is 0. The lowest BCUT2D eigenvalue weighted by molar-refractivity contribution is 0.171. The van der Waals surface area contributed by atoms with Crippen LogP contribution in [0.25, 0.3) is 0 Å². The summed E-state index contributed by atoms with van der Waals surface area (Å²) in [6.07, 6.45) is 0. The van der Waals surface area contributed by atoms with Crippen LogP contribution in [0.5, 0.6) is 11.5 Å². The fourth-order valence-electron chi connectivity index (χ4n) is 0.878. The fraction of sp³-hybridized carbons (Fsp3) is 0.250. The van der Waals surface area contributed by atoms with E-state index in [0.29, 0.717) is 19.0 Å². The third-order valence-electron chi connectivity index (χ3n) is 1.31. The van der Waals surface area contributed by atoms with Crippen LogP contribution in [-0.4, -0.2) is 13.2 Å². The van der Waals surface area contributed by atoms with Crippen LogP contribution in [-0.2, 0) is 0 Å². The molecule has 1 heterocycles.